The molecule has 0 spiro atoms. The molecule has 5 heteroatoms. The SMILES string of the molecule is CCC(C(=O)OC)c1cccc(C(F)(F)F)c1. The van der Waals surface area contributed by atoms with Crippen molar-refractivity contribution in [3.63, 3.8) is 0 Å². The van der Waals surface area contributed by atoms with Crippen molar-refractivity contribution in [2.45, 2.75) is 25.4 Å². The van der Waals surface area contributed by atoms with Crippen LogP contribution in [0.15, 0.2) is 24.3 Å². The van der Waals surface area contributed by atoms with E-state index in [1.807, 2.05) is 0 Å². The van der Waals surface area contributed by atoms with Crippen LogP contribution in [0.25, 0.3) is 0 Å². The molecule has 94 valence electrons. The van der Waals surface area contributed by atoms with Crippen molar-refractivity contribution >= 4 is 5.97 Å². The minimum absolute atomic E-state index is 0.328. The first-order valence-corrected chi connectivity index (χ1v) is 5.15. The molecule has 2 nitrogen and oxygen atoms in total. The van der Waals surface area contributed by atoms with E-state index in [-0.39, 0.29) is 0 Å². The lowest BCUT2D eigenvalue weighted by molar-refractivity contribution is -0.143. The third kappa shape index (κ3) is 3.22. The summed E-state index contributed by atoms with van der Waals surface area (Å²) in [6, 6.07) is 4.77. The van der Waals surface area contributed by atoms with E-state index in [2.05, 4.69) is 4.74 Å². The number of hydrogen-bond donors (Lipinski definition) is 0. The minimum atomic E-state index is -4.40. The van der Waals surface area contributed by atoms with Crippen molar-refractivity contribution in [3.8, 4) is 0 Å². The zero-order chi connectivity index (χ0) is 13.1. The van der Waals surface area contributed by atoms with Gasteiger partial charge in [0.1, 0.15) is 0 Å². The summed E-state index contributed by atoms with van der Waals surface area (Å²) in [5.41, 5.74) is -0.425. The fourth-order valence-electron chi connectivity index (χ4n) is 1.61. The lowest BCUT2D eigenvalue weighted by Gasteiger charge is -2.14. The summed E-state index contributed by atoms with van der Waals surface area (Å²) in [7, 11) is 1.22. The Labute approximate surface area is 97.4 Å². The maximum absolute atomic E-state index is 12.5. The topological polar surface area (TPSA) is 26.3 Å². The van der Waals surface area contributed by atoms with Crippen LogP contribution in [-0.4, -0.2) is 13.1 Å². The van der Waals surface area contributed by atoms with Gasteiger partial charge in [0.25, 0.3) is 0 Å². The van der Waals surface area contributed by atoms with Crippen LogP contribution >= 0.6 is 0 Å². The van der Waals surface area contributed by atoms with Gasteiger partial charge < -0.3 is 4.74 Å². The third-order valence-corrected chi connectivity index (χ3v) is 2.51. The Morgan fingerprint density at radius 2 is 2.06 bits per heavy atom. The molecule has 0 aliphatic heterocycles. The second kappa shape index (κ2) is 5.21. The quantitative estimate of drug-likeness (QED) is 0.764. The number of carbonyl (C=O) groups is 1. The first-order valence-electron chi connectivity index (χ1n) is 5.15. The summed E-state index contributed by atoms with van der Waals surface area (Å²) in [6.45, 7) is 1.72. The van der Waals surface area contributed by atoms with Crippen LogP contribution in [0.3, 0.4) is 0 Å². The molecule has 0 aromatic heterocycles. The molecule has 0 saturated heterocycles. The summed E-state index contributed by atoms with van der Waals surface area (Å²) < 4.78 is 42.1. The molecule has 1 rings (SSSR count). The van der Waals surface area contributed by atoms with Crippen molar-refractivity contribution in [3.05, 3.63) is 35.4 Å². The highest BCUT2D eigenvalue weighted by Gasteiger charge is 2.31. The Bertz CT molecular complexity index is 399. The zero-order valence-electron chi connectivity index (χ0n) is 9.54. The predicted molar refractivity (Wildman–Crippen MR) is 56.5 cm³/mol. The summed E-state index contributed by atoms with van der Waals surface area (Å²) in [6.07, 6.45) is -4.00. The molecule has 1 aromatic carbocycles. The van der Waals surface area contributed by atoms with Gasteiger partial charge in [-0.05, 0) is 18.1 Å². The van der Waals surface area contributed by atoms with Crippen molar-refractivity contribution < 1.29 is 22.7 Å². The van der Waals surface area contributed by atoms with Crippen molar-refractivity contribution in [1.82, 2.24) is 0 Å². The number of halogens is 3. The van der Waals surface area contributed by atoms with Crippen LogP contribution in [0.1, 0.15) is 30.4 Å². The Balaban J connectivity index is 3.10. The molecule has 1 aromatic rings. The number of benzene rings is 1. The van der Waals surface area contributed by atoms with Gasteiger partial charge in [0.15, 0.2) is 0 Å². The molecule has 17 heavy (non-hydrogen) atoms. The fourth-order valence-corrected chi connectivity index (χ4v) is 1.61. The van der Waals surface area contributed by atoms with E-state index < -0.39 is 23.6 Å². The summed E-state index contributed by atoms with van der Waals surface area (Å²) >= 11 is 0. The number of rotatable bonds is 3. The van der Waals surface area contributed by atoms with Crippen LogP contribution in [0.5, 0.6) is 0 Å². The van der Waals surface area contributed by atoms with Crippen molar-refractivity contribution in [1.29, 1.82) is 0 Å². The fraction of sp³-hybridized carbons (Fsp3) is 0.417. The highest BCUT2D eigenvalue weighted by molar-refractivity contribution is 5.78. The molecule has 0 N–H and O–H groups in total. The normalized spacial score (nSPS) is 13.2. The van der Waals surface area contributed by atoms with Crippen molar-refractivity contribution in [2.75, 3.05) is 7.11 Å². The number of methoxy groups -OCH3 is 1. The highest BCUT2D eigenvalue weighted by Crippen LogP contribution is 2.32. The van der Waals surface area contributed by atoms with Gasteiger partial charge in [-0.1, -0.05) is 25.1 Å². The number of ether oxygens (including phenoxy) is 1. The summed E-state index contributed by atoms with van der Waals surface area (Å²) in [4.78, 5) is 11.4. The molecule has 0 aliphatic carbocycles. The molecule has 0 aliphatic rings. The largest absolute Gasteiger partial charge is 0.469 e. The number of carbonyl (C=O) groups excluding carboxylic acids is 1. The summed E-state index contributed by atoms with van der Waals surface area (Å²) in [5.74, 6) is -1.17. The number of hydrogen-bond acceptors (Lipinski definition) is 2. The van der Waals surface area contributed by atoms with Crippen LogP contribution < -0.4 is 0 Å². The predicted octanol–water partition coefficient (Wildman–Crippen LogP) is 3.37. The van der Waals surface area contributed by atoms with E-state index >= 15 is 0 Å². The van der Waals surface area contributed by atoms with Crippen LogP contribution in [0.4, 0.5) is 13.2 Å². The third-order valence-electron chi connectivity index (χ3n) is 2.51. The Morgan fingerprint density at radius 3 is 2.53 bits per heavy atom. The minimum Gasteiger partial charge on any atom is -0.469 e. The van der Waals surface area contributed by atoms with Gasteiger partial charge in [-0.2, -0.15) is 13.2 Å². The van der Waals surface area contributed by atoms with Crippen molar-refractivity contribution in [2.24, 2.45) is 0 Å². The van der Waals surface area contributed by atoms with E-state index in [4.69, 9.17) is 0 Å². The van der Waals surface area contributed by atoms with Crippen LogP contribution in [-0.2, 0) is 15.7 Å². The molecule has 0 amide bonds. The average molecular weight is 246 g/mol. The molecule has 0 saturated carbocycles. The number of alkyl halides is 3. The summed E-state index contributed by atoms with van der Waals surface area (Å²) in [5, 5.41) is 0. The maximum atomic E-state index is 12.5. The zero-order valence-corrected chi connectivity index (χ0v) is 9.54. The van der Waals surface area contributed by atoms with E-state index in [1.54, 1.807) is 6.92 Å². The van der Waals surface area contributed by atoms with E-state index in [0.29, 0.717) is 12.0 Å². The molecule has 1 atom stereocenters. The highest BCUT2D eigenvalue weighted by atomic mass is 19.4. The van der Waals surface area contributed by atoms with Gasteiger partial charge >= 0.3 is 12.1 Å². The van der Waals surface area contributed by atoms with Gasteiger partial charge in [0, 0.05) is 0 Å². The van der Waals surface area contributed by atoms with Gasteiger partial charge in [-0.15, -0.1) is 0 Å². The second-order valence-corrected chi connectivity index (χ2v) is 3.61. The second-order valence-electron chi connectivity index (χ2n) is 3.61. The molecule has 1 unspecified atom stereocenters. The molecular formula is C12H13F3O2. The number of esters is 1. The van der Waals surface area contributed by atoms with Gasteiger partial charge in [0.05, 0.1) is 18.6 Å². The van der Waals surface area contributed by atoms with Gasteiger partial charge in [-0.25, -0.2) is 0 Å². The Hall–Kier alpha value is -1.52. The molecule has 0 fully saturated rings. The first-order chi connectivity index (χ1) is 7.90. The Morgan fingerprint density at radius 1 is 1.41 bits per heavy atom. The standard InChI is InChI=1S/C12H13F3O2/c1-3-10(11(16)17-2)8-5-4-6-9(7-8)12(13,14)15/h4-7,10H,3H2,1-2H3. The van der Waals surface area contributed by atoms with Crippen LogP contribution in [0.2, 0.25) is 0 Å². The molecule has 0 heterocycles. The lowest BCUT2D eigenvalue weighted by atomic mass is 9.95. The lowest BCUT2D eigenvalue weighted by Crippen LogP contribution is -2.14. The average Bonchev–Trinajstić information content (AvgIpc) is 2.29. The first kappa shape index (κ1) is 13.5. The molecule has 0 radical (unpaired) electrons. The monoisotopic (exact) mass is 246 g/mol. The molecule has 0 bridgehead atoms. The van der Waals surface area contributed by atoms with Crippen LogP contribution in [0, 0.1) is 0 Å². The van der Waals surface area contributed by atoms with Gasteiger partial charge in [-0.3, -0.25) is 4.79 Å². The van der Waals surface area contributed by atoms with E-state index in [0.717, 1.165) is 12.1 Å². The van der Waals surface area contributed by atoms with E-state index in [9.17, 15) is 18.0 Å². The van der Waals surface area contributed by atoms with E-state index in [1.165, 1.54) is 19.2 Å². The smallest absolute Gasteiger partial charge is 0.416 e. The Kier molecular flexibility index (Phi) is 4.15. The molecular weight excluding hydrogens is 233 g/mol. The maximum Gasteiger partial charge on any atom is 0.416 e. The van der Waals surface area contributed by atoms with Gasteiger partial charge in [0.2, 0.25) is 0 Å².